The summed E-state index contributed by atoms with van der Waals surface area (Å²) < 4.78 is 0. The molecule has 2 aromatic rings. The lowest BCUT2D eigenvalue weighted by molar-refractivity contribution is 0.229. The molecule has 0 saturated heterocycles. The Hall–Kier alpha value is -0.870. The minimum absolute atomic E-state index is 0.338. The third-order valence-corrected chi connectivity index (χ3v) is 5.65. The van der Waals surface area contributed by atoms with Gasteiger partial charge in [-0.15, -0.1) is 11.3 Å². The maximum Gasteiger partial charge on any atom is 0.225 e. The van der Waals surface area contributed by atoms with Crippen molar-refractivity contribution in [2.45, 2.75) is 58.9 Å². The summed E-state index contributed by atoms with van der Waals surface area (Å²) in [6, 6.07) is 2.68. The van der Waals surface area contributed by atoms with Gasteiger partial charge in [0.1, 0.15) is 10.6 Å². The minimum atomic E-state index is 0.338. The predicted molar refractivity (Wildman–Crippen MR) is 91.5 cm³/mol. The number of hydrogen-bond acceptors (Lipinski definition) is 4. The van der Waals surface area contributed by atoms with Crippen molar-refractivity contribution in [1.29, 1.82) is 0 Å². The summed E-state index contributed by atoms with van der Waals surface area (Å²) in [7, 11) is 0. The van der Waals surface area contributed by atoms with Gasteiger partial charge in [-0.25, -0.2) is 9.97 Å². The topological polar surface area (TPSA) is 37.8 Å². The van der Waals surface area contributed by atoms with Crippen LogP contribution in [0.5, 0.6) is 0 Å². The van der Waals surface area contributed by atoms with E-state index in [1.807, 2.05) is 0 Å². The molecule has 1 aliphatic carbocycles. The Balaban J connectivity index is 1.90. The van der Waals surface area contributed by atoms with Gasteiger partial charge in [-0.1, -0.05) is 27.2 Å². The summed E-state index contributed by atoms with van der Waals surface area (Å²) in [6.07, 6.45) is 5.99. The Morgan fingerprint density at radius 2 is 2.24 bits per heavy atom. The Kier molecular flexibility index (Phi) is 4.10. The van der Waals surface area contributed by atoms with Crippen molar-refractivity contribution in [2.75, 3.05) is 5.32 Å². The van der Waals surface area contributed by atoms with E-state index in [1.54, 1.807) is 11.3 Å². The fourth-order valence-corrected chi connectivity index (χ4v) is 4.43. The zero-order valence-corrected chi connectivity index (χ0v) is 14.4. The lowest BCUT2D eigenvalue weighted by Gasteiger charge is -2.35. The third-order valence-electron chi connectivity index (χ3n) is 4.31. The second-order valence-electron chi connectivity index (χ2n) is 6.73. The van der Waals surface area contributed by atoms with Crippen molar-refractivity contribution in [2.24, 2.45) is 5.41 Å². The van der Waals surface area contributed by atoms with E-state index >= 15 is 0 Å². The lowest BCUT2D eigenvalue weighted by Crippen LogP contribution is -2.32. The predicted octanol–water partition coefficient (Wildman–Crippen LogP) is 5.29. The van der Waals surface area contributed by atoms with Crippen LogP contribution in [0.15, 0.2) is 6.07 Å². The van der Waals surface area contributed by atoms with Crippen LogP contribution in [0.2, 0.25) is 5.28 Å². The second kappa shape index (κ2) is 5.73. The monoisotopic (exact) mass is 323 g/mol. The molecule has 0 aromatic carbocycles. The Bertz CT molecular complexity index is 650. The molecule has 1 atom stereocenters. The van der Waals surface area contributed by atoms with E-state index in [-0.39, 0.29) is 0 Å². The molecule has 1 saturated carbocycles. The van der Waals surface area contributed by atoms with Crippen molar-refractivity contribution < 1.29 is 0 Å². The van der Waals surface area contributed by atoms with Gasteiger partial charge in [0.05, 0.1) is 5.39 Å². The number of rotatable bonds is 3. The van der Waals surface area contributed by atoms with Crippen molar-refractivity contribution in [3.63, 3.8) is 0 Å². The van der Waals surface area contributed by atoms with Crippen molar-refractivity contribution in [3.05, 3.63) is 16.2 Å². The van der Waals surface area contributed by atoms with Gasteiger partial charge in [0.25, 0.3) is 0 Å². The quantitative estimate of drug-likeness (QED) is 0.780. The van der Waals surface area contributed by atoms with E-state index in [0.29, 0.717) is 16.7 Å². The highest BCUT2D eigenvalue weighted by Crippen LogP contribution is 2.37. The first-order valence-corrected chi connectivity index (χ1v) is 8.89. The first-order valence-electron chi connectivity index (χ1n) is 7.69. The number of nitrogens with one attached hydrogen (secondary N) is 1. The van der Waals surface area contributed by atoms with Gasteiger partial charge in [0.2, 0.25) is 5.28 Å². The van der Waals surface area contributed by atoms with Gasteiger partial charge in [-0.05, 0) is 48.8 Å². The molecule has 0 amide bonds. The molecular formula is C16H22ClN3S. The van der Waals surface area contributed by atoms with Crippen LogP contribution in [-0.4, -0.2) is 16.0 Å². The minimum Gasteiger partial charge on any atom is -0.367 e. The molecule has 0 bridgehead atoms. The first-order chi connectivity index (χ1) is 9.97. The number of thiophene rings is 1. The molecule has 21 heavy (non-hydrogen) atoms. The van der Waals surface area contributed by atoms with Crippen LogP contribution in [0.4, 0.5) is 5.82 Å². The summed E-state index contributed by atoms with van der Waals surface area (Å²) in [5, 5.41) is 5.08. The Labute approximate surface area is 135 Å². The summed E-state index contributed by atoms with van der Waals surface area (Å²) in [6.45, 7) is 6.86. The largest absolute Gasteiger partial charge is 0.367 e. The van der Waals surface area contributed by atoms with Gasteiger partial charge >= 0.3 is 0 Å². The van der Waals surface area contributed by atoms with Crippen LogP contribution in [-0.2, 0) is 6.42 Å². The zero-order valence-electron chi connectivity index (χ0n) is 12.9. The molecule has 0 radical (unpaired) electrons. The standard InChI is InChI=1S/C16H22ClN3S/c1-4-11-8-12-13(19-15(17)20-14(12)21-11)18-10-6-5-7-16(2,3)9-10/h8,10H,4-7,9H2,1-3H3,(H,18,19,20). The highest BCUT2D eigenvalue weighted by molar-refractivity contribution is 7.18. The maximum absolute atomic E-state index is 6.09. The highest BCUT2D eigenvalue weighted by atomic mass is 35.5. The molecule has 0 spiro atoms. The highest BCUT2D eigenvalue weighted by Gasteiger charge is 2.28. The maximum atomic E-state index is 6.09. The van der Waals surface area contributed by atoms with E-state index < -0.39 is 0 Å². The normalized spacial score (nSPS) is 21.6. The Morgan fingerprint density at radius 1 is 1.43 bits per heavy atom. The Morgan fingerprint density at radius 3 is 2.95 bits per heavy atom. The molecule has 2 heterocycles. The first kappa shape index (κ1) is 15.0. The molecule has 114 valence electrons. The van der Waals surface area contributed by atoms with Crippen LogP contribution >= 0.6 is 22.9 Å². The van der Waals surface area contributed by atoms with Crippen LogP contribution in [0.1, 0.15) is 51.3 Å². The molecule has 1 unspecified atom stereocenters. The van der Waals surface area contributed by atoms with E-state index in [4.69, 9.17) is 11.6 Å². The van der Waals surface area contributed by atoms with E-state index in [9.17, 15) is 0 Å². The molecule has 3 rings (SSSR count). The number of fused-ring (bicyclic) bond motifs is 1. The number of aryl methyl sites for hydroxylation is 1. The molecule has 5 heteroatoms. The average Bonchev–Trinajstić information content (AvgIpc) is 2.80. The van der Waals surface area contributed by atoms with Gasteiger partial charge in [0.15, 0.2) is 0 Å². The van der Waals surface area contributed by atoms with E-state index in [2.05, 4.69) is 42.1 Å². The van der Waals surface area contributed by atoms with Crippen molar-refractivity contribution >= 4 is 39.0 Å². The number of aromatic nitrogens is 2. The van der Waals surface area contributed by atoms with Gasteiger partial charge in [-0.3, -0.25) is 0 Å². The van der Waals surface area contributed by atoms with Crippen LogP contribution in [0, 0.1) is 5.41 Å². The van der Waals surface area contributed by atoms with Gasteiger partial charge in [-0.2, -0.15) is 0 Å². The summed E-state index contributed by atoms with van der Waals surface area (Å²) in [5.74, 6) is 0.906. The smallest absolute Gasteiger partial charge is 0.225 e. The fraction of sp³-hybridized carbons (Fsp3) is 0.625. The van der Waals surface area contributed by atoms with Crippen LogP contribution in [0.3, 0.4) is 0 Å². The van der Waals surface area contributed by atoms with Crippen molar-refractivity contribution in [3.8, 4) is 0 Å². The molecule has 1 N–H and O–H groups in total. The van der Waals surface area contributed by atoms with Crippen LogP contribution in [0.25, 0.3) is 10.2 Å². The zero-order chi connectivity index (χ0) is 15.0. The SMILES string of the molecule is CCc1cc2c(NC3CCCC(C)(C)C3)nc(Cl)nc2s1. The van der Waals surface area contributed by atoms with Gasteiger partial charge < -0.3 is 5.32 Å². The number of nitrogens with zero attached hydrogens (tertiary/aromatic N) is 2. The van der Waals surface area contributed by atoms with E-state index in [0.717, 1.165) is 22.5 Å². The summed E-state index contributed by atoms with van der Waals surface area (Å²) in [5.41, 5.74) is 0.412. The summed E-state index contributed by atoms with van der Waals surface area (Å²) >= 11 is 7.81. The molecule has 0 aliphatic heterocycles. The van der Waals surface area contributed by atoms with Gasteiger partial charge in [0, 0.05) is 10.9 Å². The molecule has 2 aromatic heterocycles. The molecular weight excluding hydrogens is 302 g/mol. The lowest BCUT2D eigenvalue weighted by atomic mass is 9.75. The number of hydrogen-bond donors (Lipinski definition) is 1. The van der Waals surface area contributed by atoms with Crippen molar-refractivity contribution in [1.82, 2.24) is 9.97 Å². The summed E-state index contributed by atoms with van der Waals surface area (Å²) in [4.78, 5) is 11.1. The molecule has 1 aliphatic rings. The third kappa shape index (κ3) is 3.32. The average molecular weight is 324 g/mol. The fourth-order valence-electron chi connectivity index (χ4n) is 3.24. The number of halogens is 1. The van der Waals surface area contributed by atoms with E-state index in [1.165, 1.54) is 30.6 Å². The van der Waals surface area contributed by atoms with Crippen LogP contribution < -0.4 is 5.32 Å². The molecule has 3 nitrogen and oxygen atoms in total. The molecule has 1 fully saturated rings. The second-order valence-corrected chi connectivity index (χ2v) is 8.18. The number of anilines is 1.